The lowest BCUT2D eigenvalue weighted by molar-refractivity contribution is 0.121. The molecule has 1 aromatic rings. The maximum Gasteiger partial charge on any atom is 0.112 e. The van der Waals surface area contributed by atoms with Gasteiger partial charge in [0.15, 0.2) is 0 Å². The van der Waals surface area contributed by atoms with Gasteiger partial charge in [-0.2, -0.15) is 0 Å². The SMILES string of the molecule is NOCc1cnccn1. The van der Waals surface area contributed by atoms with Crippen molar-refractivity contribution in [3.63, 3.8) is 0 Å². The van der Waals surface area contributed by atoms with Crippen LogP contribution in [-0.2, 0) is 11.4 Å². The van der Waals surface area contributed by atoms with Crippen LogP contribution in [0.25, 0.3) is 0 Å². The van der Waals surface area contributed by atoms with Gasteiger partial charge in [0.1, 0.15) is 6.61 Å². The summed E-state index contributed by atoms with van der Waals surface area (Å²) in [7, 11) is 0. The summed E-state index contributed by atoms with van der Waals surface area (Å²) >= 11 is 0. The molecule has 0 radical (unpaired) electrons. The van der Waals surface area contributed by atoms with E-state index in [-0.39, 0.29) is 0 Å². The van der Waals surface area contributed by atoms with E-state index in [1.54, 1.807) is 18.6 Å². The van der Waals surface area contributed by atoms with Gasteiger partial charge in [0.25, 0.3) is 0 Å². The first-order valence-corrected chi connectivity index (χ1v) is 2.50. The van der Waals surface area contributed by atoms with Crippen molar-refractivity contribution in [3.05, 3.63) is 24.3 Å². The molecule has 0 saturated carbocycles. The highest BCUT2D eigenvalue weighted by Crippen LogP contribution is 1.88. The van der Waals surface area contributed by atoms with Crippen LogP contribution >= 0.6 is 0 Å². The zero-order chi connectivity index (χ0) is 6.53. The predicted octanol–water partition coefficient (Wildman–Crippen LogP) is -0.133. The molecule has 0 bridgehead atoms. The lowest BCUT2D eigenvalue weighted by atomic mass is 10.5. The van der Waals surface area contributed by atoms with Gasteiger partial charge in [-0.3, -0.25) is 14.8 Å². The fourth-order valence-electron chi connectivity index (χ4n) is 0.490. The van der Waals surface area contributed by atoms with Crippen LogP contribution in [-0.4, -0.2) is 9.97 Å². The van der Waals surface area contributed by atoms with Gasteiger partial charge in [-0.1, -0.05) is 0 Å². The summed E-state index contributed by atoms with van der Waals surface area (Å²) in [4.78, 5) is 12.0. The van der Waals surface area contributed by atoms with Crippen molar-refractivity contribution >= 4 is 0 Å². The summed E-state index contributed by atoms with van der Waals surface area (Å²) in [5, 5.41) is 0. The van der Waals surface area contributed by atoms with Gasteiger partial charge in [-0.15, -0.1) is 0 Å². The second-order valence-electron chi connectivity index (χ2n) is 1.51. The van der Waals surface area contributed by atoms with Gasteiger partial charge in [-0.05, 0) is 0 Å². The van der Waals surface area contributed by atoms with Crippen molar-refractivity contribution in [2.45, 2.75) is 6.61 Å². The van der Waals surface area contributed by atoms with E-state index in [0.29, 0.717) is 6.61 Å². The maximum atomic E-state index is 4.79. The van der Waals surface area contributed by atoms with E-state index in [9.17, 15) is 0 Å². The number of hydrogen-bond acceptors (Lipinski definition) is 4. The molecule has 0 amide bonds. The minimum atomic E-state index is 0.313. The average Bonchev–Trinajstić information content (AvgIpc) is 1.91. The largest absolute Gasteiger partial charge is 0.298 e. The molecule has 1 heterocycles. The molecule has 4 nitrogen and oxygen atoms in total. The molecule has 9 heavy (non-hydrogen) atoms. The van der Waals surface area contributed by atoms with Crippen LogP contribution in [0.5, 0.6) is 0 Å². The van der Waals surface area contributed by atoms with Crippen molar-refractivity contribution in [2.75, 3.05) is 0 Å². The molecule has 2 N–H and O–H groups in total. The molecule has 0 atom stereocenters. The summed E-state index contributed by atoms with van der Waals surface area (Å²) in [6.45, 7) is 0.313. The van der Waals surface area contributed by atoms with E-state index in [1.165, 1.54) is 0 Å². The highest BCUT2D eigenvalue weighted by atomic mass is 16.6. The first-order valence-electron chi connectivity index (χ1n) is 2.50. The average molecular weight is 125 g/mol. The lowest BCUT2D eigenvalue weighted by Gasteiger charge is -1.93. The van der Waals surface area contributed by atoms with E-state index in [2.05, 4.69) is 14.8 Å². The predicted molar refractivity (Wildman–Crippen MR) is 31.0 cm³/mol. The van der Waals surface area contributed by atoms with Gasteiger partial charge in [0.05, 0.1) is 11.9 Å². The van der Waals surface area contributed by atoms with E-state index in [4.69, 9.17) is 5.90 Å². The number of nitrogens with two attached hydrogens (primary N) is 1. The molecule has 0 aliphatic carbocycles. The zero-order valence-electron chi connectivity index (χ0n) is 4.82. The molecule has 0 aliphatic rings. The molecule has 1 aromatic heterocycles. The molecule has 48 valence electrons. The summed E-state index contributed by atoms with van der Waals surface area (Å²) < 4.78 is 0. The van der Waals surface area contributed by atoms with E-state index >= 15 is 0 Å². The number of aromatic nitrogens is 2. The van der Waals surface area contributed by atoms with Gasteiger partial charge in [0, 0.05) is 12.4 Å². The fourth-order valence-corrected chi connectivity index (χ4v) is 0.490. The number of rotatable bonds is 2. The molecule has 4 heteroatoms. The Kier molecular flexibility index (Phi) is 2.12. The molecular formula is C5H7N3O. The van der Waals surface area contributed by atoms with Crippen LogP contribution in [0.2, 0.25) is 0 Å². The Bertz CT molecular complexity index is 165. The summed E-state index contributed by atoms with van der Waals surface area (Å²) in [6.07, 6.45) is 4.79. The Balaban J connectivity index is 2.61. The number of hydrogen-bond donors (Lipinski definition) is 1. The highest BCUT2D eigenvalue weighted by Gasteiger charge is 1.88. The van der Waals surface area contributed by atoms with E-state index in [1.807, 2.05) is 0 Å². The molecule has 0 fully saturated rings. The zero-order valence-corrected chi connectivity index (χ0v) is 4.82. The van der Waals surface area contributed by atoms with Crippen LogP contribution in [0.15, 0.2) is 18.6 Å². The lowest BCUT2D eigenvalue weighted by Crippen LogP contribution is -2.00. The van der Waals surface area contributed by atoms with Gasteiger partial charge in [0.2, 0.25) is 0 Å². The second-order valence-corrected chi connectivity index (χ2v) is 1.51. The third-order valence-electron chi connectivity index (χ3n) is 0.848. The van der Waals surface area contributed by atoms with Crippen LogP contribution in [0.1, 0.15) is 5.69 Å². The Labute approximate surface area is 52.6 Å². The van der Waals surface area contributed by atoms with E-state index < -0.39 is 0 Å². The third kappa shape index (κ3) is 1.75. The molecule has 1 rings (SSSR count). The normalized spacial score (nSPS) is 9.44. The standard InChI is InChI=1S/C5H7N3O/c6-9-4-5-3-7-1-2-8-5/h1-3H,4,6H2. The smallest absolute Gasteiger partial charge is 0.112 e. The van der Waals surface area contributed by atoms with E-state index in [0.717, 1.165) is 5.69 Å². The minimum absolute atomic E-state index is 0.313. The van der Waals surface area contributed by atoms with Crippen LogP contribution in [0.4, 0.5) is 0 Å². The Morgan fingerprint density at radius 2 is 2.44 bits per heavy atom. The van der Waals surface area contributed by atoms with Gasteiger partial charge in [-0.25, -0.2) is 5.90 Å². The maximum absolute atomic E-state index is 4.79. The Hall–Kier alpha value is -1.00. The summed E-state index contributed by atoms with van der Waals surface area (Å²) in [5.74, 6) is 4.79. The molecular weight excluding hydrogens is 118 g/mol. The van der Waals surface area contributed by atoms with Crippen molar-refractivity contribution in [2.24, 2.45) is 5.90 Å². The molecule has 0 spiro atoms. The summed E-state index contributed by atoms with van der Waals surface area (Å²) in [5.41, 5.74) is 0.736. The van der Waals surface area contributed by atoms with Crippen molar-refractivity contribution in [1.82, 2.24) is 9.97 Å². The topological polar surface area (TPSA) is 61.0 Å². The minimum Gasteiger partial charge on any atom is -0.298 e. The fraction of sp³-hybridized carbons (Fsp3) is 0.200. The third-order valence-corrected chi connectivity index (χ3v) is 0.848. The first kappa shape index (κ1) is 6.12. The van der Waals surface area contributed by atoms with Crippen LogP contribution in [0.3, 0.4) is 0 Å². The van der Waals surface area contributed by atoms with Crippen molar-refractivity contribution in [1.29, 1.82) is 0 Å². The molecule has 0 saturated heterocycles. The Morgan fingerprint density at radius 1 is 1.56 bits per heavy atom. The van der Waals surface area contributed by atoms with Crippen molar-refractivity contribution in [3.8, 4) is 0 Å². The molecule has 0 aliphatic heterocycles. The van der Waals surface area contributed by atoms with Gasteiger partial charge < -0.3 is 0 Å². The van der Waals surface area contributed by atoms with Gasteiger partial charge >= 0.3 is 0 Å². The Morgan fingerprint density at radius 3 is 3.00 bits per heavy atom. The summed E-state index contributed by atoms with van der Waals surface area (Å²) in [6, 6.07) is 0. The number of nitrogens with zero attached hydrogens (tertiary/aromatic N) is 2. The van der Waals surface area contributed by atoms with Crippen LogP contribution in [0, 0.1) is 0 Å². The highest BCUT2D eigenvalue weighted by molar-refractivity contribution is 4.91. The van der Waals surface area contributed by atoms with Crippen molar-refractivity contribution < 1.29 is 4.84 Å². The quantitative estimate of drug-likeness (QED) is 0.559. The second kappa shape index (κ2) is 3.11. The monoisotopic (exact) mass is 125 g/mol. The van der Waals surface area contributed by atoms with Crippen LogP contribution < -0.4 is 5.90 Å². The molecule has 0 unspecified atom stereocenters. The molecule has 0 aromatic carbocycles. The first-order chi connectivity index (χ1) is 4.43.